The van der Waals surface area contributed by atoms with Crippen molar-refractivity contribution in [3.8, 4) is 40.0 Å². The van der Waals surface area contributed by atoms with Gasteiger partial charge in [-0.2, -0.15) is 0 Å². The molecule has 0 radical (unpaired) electrons. The first-order chi connectivity index (χ1) is 28.6. The number of hydrogen-bond donors (Lipinski definition) is 0. The Hall–Kier alpha value is -6.72. The first-order valence-electron chi connectivity index (χ1n) is 19.8. The van der Waals surface area contributed by atoms with Gasteiger partial charge >= 0.3 is 23.9 Å². The minimum absolute atomic E-state index is 0.118. The molecule has 0 spiro atoms. The molecule has 1 fully saturated rings. The van der Waals surface area contributed by atoms with Gasteiger partial charge in [-0.05, 0) is 128 Å². The Morgan fingerprint density at radius 3 is 1.73 bits per heavy atom. The Balaban J connectivity index is 1.16. The van der Waals surface area contributed by atoms with Crippen molar-refractivity contribution in [2.24, 2.45) is 0 Å². The lowest BCUT2D eigenvalue weighted by molar-refractivity contribution is -0.132. The van der Waals surface area contributed by atoms with Crippen molar-refractivity contribution in [2.75, 3.05) is 26.2 Å². The number of aromatic nitrogens is 1. The second-order valence-corrected chi connectivity index (χ2v) is 14.5. The maximum atomic E-state index is 13.3. The molecule has 1 saturated heterocycles. The highest BCUT2D eigenvalue weighted by molar-refractivity contribution is 5.97. The van der Waals surface area contributed by atoms with E-state index < -0.39 is 23.9 Å². The van der Waals surface area contributed by atoms with Gasteiger partial charge in [0.05, 0.1) is 5.69 Å². The molecular formula is C48H46N2O9. The number of aryl methyl sites for hydroxylation is 1. The SMILES string of the molecule is CC(=O)Oc1ccccc1C(=O)Oc1ccc(-c2c(C)c3cc(OC(=O)c4ccccc4OC(C)=O)ccc3n2Cc2ccc(OCCN3CCCCCC3)cc2)cc1. The minimum atomic E-state index is -0.660. The van der Waals surface area contributed by atoms with E-state index in [-0.39, 0.29) is 22.6 Å². The molecule has 1 aliphatic rings. The standard InChI is InChI=1S/C48H46N2O9/c1-32-42-30-39(59-48(54)41-13-7-9-15-45(41)57-34(3)52)24-25-43(42)50(31-35-16-20-37(21-17-35)55-29-28-49-26-10-4-5-11-27-49)46(32)36-18-22-38(23-19-36)58-47(53)40-12-6-8-14-44(40)56-33(2)51/h6-9,12-25,30H,4-5,10-11,26-29,31H2,1-3H3. The third-order valence-corrected chi connectivity index (χ3v) is 10.2. The van der Waals surface area contributed by atoms with Crippen molar-refractivity contribution in [1.29, 1.82) is 0 Å². The Morgan fingerprint density at radius 2 is 1.14 bits per heavy atom. The molecule has 0 aliphatic carbocycles. The first kappa shape index (κ1) is 40.5. The van der Waals surface area contributed by atoms with Crippen LogP contribution in [0.4, 0.5) is 0 Å². The van der Waals surface area contributed by atoms with Gasteiger partial charge in [-0.3, -0.25) is 14.5 Å². The average Bonchev–Trinajstić information content (AvgIpc) is 3.34. The maximum Gasteiger partial charge on any atom is 0.347 e. The van der Waals surface area contributed by atoms with Crippen molar-refractivity contribution in [3.63, 3.8) is 0 Å². The van der Waals surface area contributed by atoms with E-state index in [1.54, 1.807) is 54.6 Å². The molecule has 1 aliphatic heterocycles. The molecule has 0 amide bonds. The highest BCUT2D eigenvalue weighted by Gasteiger charge is 2.21. The van der Waals surface area contributed by atoms with Gasteiger partial charge in [0.15, 0.2) is 0 Å². The lowest BCUT2D eigenvalue weighted by Crippen LogP contribution is -2.29. The second kappa shape index (κ2) is 18.7. The fourth-order valence-electron chi connectivity index (χ4n) is 7.39. The van der Waals surface area contributed by atoms with Crippen molar-refractivity contribution in [3.05, 3.63) is 138 Å². The molecule has 0 unspecified atom stereocenters. The molecule has 0 N–H and O–H groups in total. The fourth-order valence-corrected chi connectivity index (χ4v) is 7.39. The van der Waals surface area contributed by atoms with E-state index in [0.717, 1.165) is 58.7 Å². The summed E-state index contributed by atoms with van der Waals surface area (Å²) in [5.41, 5.74) is 4.93. The number of fused-ring (bicyclic) bond motifs is 1. The van der Waals surface area contributed by atoms with Crippen LogP contribution in [0, 0.1) is 6.92 Å². The van der Waals surface area contributed by atoms with Crippen LogP contribution in [0.2, 0.25) is 0 Å². The van der Waals surface area contributed by atoms with E-state index in [2.05, 4.69) is 21.6 Å². The summed E-state index contributed by atoms with van der Waals surface area (Å²) in [5, 5.41) is 0.865. The number of carbonyl (C=O) groups excluding carboxylic acids is 4. The topological polar surface area (TPSA) is 123 Å². The van der Waals surface area contributed by atoms with Crippen LogP contribution in [-0.2, 0) is 16.1 Å². The monoisotopic (exact) mass is 794 g/mol. The molecule has 5 aromatic carbocycles. The predicted octanol–water partition coefficient (Wildman–Crippen LogP) is 9.21. The summed E-state index contributed by atoms with van der Waals surface area (Å²) in [6.45, 7) is 8.88. The van der Waals surface area contributed by atoms with Crippen LogP contribution in [-0.4, -0.2) is 59.6 Å². The molecule has 7 rings (SSSR count). The second-order valence-electron chi connectivity index (χ2n) is 14.5. The third kappa shape index (κ3) is 10.1. The summed E-state index contributed by atoms with van der Waals surface area (Å²) >= 11 is 0. The Morgan fingerprint density at radius 1 is 0.593 bits per heavy atom. The minimum Gasteiger partial charge on any atom is -0.492 e. The lowest BCUT2D eigenvalue weighted by atomic mass is 10.1. The zero-order chi connectivity index (χ0) is 41.3. The number of esters is 4. The van der Waals surface area contributed by atoms with Crippen LogP contribution in [0.15, 0.2) is 115 Å². The van der Waals surface area contributed by atoms with Gasteiger partial charge in [-0.25, -0.2) is 9.59 Å². The summed E-state index contributed by atoms with van der Waals surface area (Å²) in [5.74, 6) is -0.717. The normalized spacial score (nSPS) is 13.0. The van der Waals surface area contributed by atoms with Crippen LogP contribution in [0.1, 0.15) is 71.4 Å². The molecule has 2 heterocycles. The smallest absolute Gasteiger partial charge is 0.347 e. The average molecular weight is 795 g/mol. The number of hydrogen-bond acceptors (Lipinski definition) is 10. The van der Waals surface area contributed by atoms with Gasteiger partial charge in [0.25, 0.3) is 0 Å². The van der Waals surface area contributed by atoms with Crippen LogP contribution < -0.4 is 23.7 Å². The van der Waals surface area contributed by atoms with E-state index in [1.807, 2.05) is 43.3 Å². The van der Waals surface area contributed by atoms with Crippen molar-refractivity contribution in [2.45, 2.75) is 53.0 Å². The number of ether oxygens (including phenoxy) is 5. The van der Waals surface area contributed by atoms with Crippen LogP contribution >= 0.6 is 0 Å². The molecule has 59 heavy (non-hydrogen) atoms. The molecule has 0 saturated carbocycles. The highest BCUT2D eigenvalue weighted by atomic mass is 16.6. The van der Waals surface area contributed by atoms with Crippen molar-refractivity contribution >= 4 is 34.8 Å². The lowest BCUT2D eigenvalue weighted by Gasteiger charge is -2.19. The Kier molecular flexibility index (Phi) is 12.8. The number of carbonyl (C=O) groups is 4. The Bertz CT molecular complexity index is 2460. The number of nitrogens with zero attached hydrogens (tertiary/aromatic N) is 2. The van der Waals surface area contributed by atoms with Crippen LogP contribution in [0.5, 0.6) is 28.7 Å². The number of rotatable bonds is 13. The van der Waals surface area contributed by atoms with Gasteiger partial charge in [0.1, 0.15) is 46.5 Å². The van der Waals surface area contributed by atoms with Crippen molar-refractivity contribution in [1.82, 2.24) is 9.47 Å². The molecule has 302 valence electrons. The number of para-hydroxylation sites is 2. The predicted molar refractivity (Wildman–Crippen MR) is 223 cm³/mol. The maximum absolute atomic E-state index is 13.3. The molecule has 11 nitrogen and oxygen atoms in total. The van der Waals surface area contributed by atoms with Gasteiger partial charge in [0.2, 0.25) is 0 Å². The summed E-state index contributed by atoms with van der Waals surface area (Å²) in [7, 11) is 0. The zero-order valence-corrected chi connectivity index (χ0v) is 33.4. The van der Waals surface area contributed by atoms with Crippen molar-refractivity contribution < 1.29 is 42.9 Å². The largest absolute Gasteiger partial charge is 0.492 e. The summed E-state index contributed by atoms with van der Waals surface area (Å²) in [4.78, 5) is 52.3. The highest BCUT2D eigenvalue weighted by Crippen LogP contribution is 2.37. The fraction of sp³-hybridized carbons (Fsp3) is 0.250. The molecule has 11 heteroatoms. The van der Waals surface area contributed by atoms with E-state index in [1.165, 1.54) is 51.7 Å². The third-order valence-electron chi connectivity index (χ3n) is 10.2. The zero-order valence-electron chi connectivity index (χ0n) is 33.4. The van der Waals surface area contributed by atoms with Gasteiger partial charge in [-0.15, -0.1) is 0 Å². The number of benzene rings is 5. The van der Waals surface area contributed by atoms with Crippen LogP contribution in [0.3, 0.4) is 0 Å². The van der Waals surface area contributed by atoms with Gasteiger partial charge in [0, 0.05) is 37.8 Å². The molecule has 0 bridgehead atoms. The summed E-state index contributed by atoms with van der Waals surface area (Å²) < 4.78 is 30.3. The van der Waals surface area contributed by atoms with E-state index in [0.29, 0.717) is 24.7 Å². The molecular weight excluding hydrogens is 749 g/mol. The molecule has 0 atom stereocenters. The number of likely N-dealkylation sites (tertiary alicyclic amines) is 1. The summed E-state index contributed by atoms with van der Waals surface area (Å²) in [6, 6.07) is 33.7. The summed E-state index contributed by atoms with van der Waals surface area (Å²) in [6.07, 6.45) is 5.09. The quantitative estimate of drug-likeness (QED) is 0.0826. The molecule has 1 aromatic heterocycles. The van der Waals surface area contributed by atoms with Gasteiger partial charge in [-0.1, -0.05) is 49.2 Å². The first-order valence-corrected chi connectivity index (χ1v) is 19.8. The molecule has 6 aromatic rings. The van der Waals surface area contributed by atoms with E-state index >= 15 is 0 Å². The van der Waals surface area contributed by atoms with E-state index in [4.69, 9.17) is 23.7 Å². The van der Waals surface area contributed by atoms with E-state index in [9.17, 15) is 19.2 Å². The van der Waals surface area contributed by atoms with Crippen LogP contribution in [0.25, 0.3) is 22.2 Å². The Labute approximate surface area is 343 Å². The van der Waals surface area contributed by atoms with Gasteiger partial charge < -0.3 is 28.3 Å².